The number of benzene rings is 1. The topological polar surface area (TPSA) is 101 Å². The molecule has 0 spiro atoms. The van der Waals surface area contributed by atoms with E-state index in [-0.39, 0.29) is 10.6 Å². The second-order valence-electron chi connectivity index (χ2n) is 4.00. The predicted molar refractivity (Wildman–Crippen MR) is 67.0 cm³/mol. The van der Waals surface area contributed by atoms with Crippen LogP contribution in [0.2, 0.25) is 0 Å². The van der Waals surface area contributed by atoms with Crippen LogP contribution in [0.4, 0.5) is 14.5 Å². The number of carbonyl (C=O) groups is 1. The van der Waals surface area contributed by atoms with Gasteiger partial charge in [0.15, 0.2) is 11.6 Å². The summed E-state index contributed by atoms with van der Waals surface area (Å²) in [7, 11) is -4.07. The molecule has 2 N–H and O–H groups in total. The van der Waals surface area contributed by atoms with Crippen LogP contribution in [-0.2, 0) is 21.4 Å². The quantitative estimate of drug-likeness (QED) is 0.858. The number of sulfonamides is 1. The molecule has 7 nitrogen and oxygen atoms in total. The molecule has 0 unspecified atom stereocenters. The van der Waals surface area contributed by atoms with E-state index in [9.17, 15) is 22.0 Å². The molecule has 0 saturated carbocycles. The molecular weight excluding hydrogens is 308 g/mol. The second-order valence-corrected chi connectivity index (χ2v) is 5.68. The minimum absolute atomic E-state index is 0.167. The molecule has 1 aromatic heterocycles. The Morgan fingerprint density at radius 3 is 2.67 bits per heavy atom. The van der Waals surface area contributed by atoms with E-state index in [1.165, 1.54) is 0 Å². The number of hydrogen-bond donors (Lipinski definition) is 2. The molecule has 21 heavy (non-hydrogen) atoms. The summed E-state index contributed by atoms with van der Waals surface area (Å²) in [5, 5.41) is 12.1. The highest BCUT2D eigenvalue weighted by atomic mass is 32.2. The van der Waals surface area contributed by atoms with Crippen molar-refractivity contribution in [1.82, 2.24) is 9.78 Å². The Morgan fingerprint density at radius 2 is 2.05 bits per heavy atom. The molecule has 0 aliphatic heterocycles. The molecule has 0 fully saturated rings. The fourth-order valence-electron chi connectivity index (χ4n) is 1.48. The van der Waals surface area contributed by atoms with Gasteiger partial charge in [0, 0.05) is 12.3 Å². The van der Waals surface area contributed by atoms with Gasteiger partial charge in [-0.1, -0.05) is 0 Å². The lowest BCUT2D eigenvalue weighted by Gasteiger charge is -2.06. The van der Waals surface area contributed by atoms with Crippen LogP contribution in [-0.4, -0.2) is 29.3 Å². The Morgan fingerprint density at radius 1 is 1.33 bits per heavy atom. The first-order chi connectivity index (χ1) is 9.78. The van der Waals surface area contributed by atoms with Crippen LogP contribution in [0.25, 0.3) is 0 Å². The molecule has 0 amide bonds. The molecule has 112 valence electrons. The van der Waals surface area contributed by atoms with Crippen molar-refractivity contribution in [3.63, 3.8) is 0 Å². The van der Waals surface area contributed by atoms with E-state index in [1.54, 1.807) is 0 Å². The van der Waals surface area contributed by atoms with Crippen molar-refractivity contribution in [2.24, 2.45) is 0 Å². The number of halogens is 2. The van der Waals surface area contributed by atoms with Crippen LogP contribution < -0.4 is 4.72 Å². The van der Waals surface area contributed by atoms with Crippen LogP contribution in [0.5, 0.6) is 0 Å². The summed E-state index contributed by atoms with van der Waals surface area (Å²) in [5.41, 5.74) is -0.167. The average molecular weight is 317 g/mol. The molecule has 0 saturated heterocycles. The zero-order valence-corrected chi connectivity index (χ0v) is 11.1. The van der Waals surface area contributed by atoms with E-state index in [0.29, 0.717) is 6.07 Å². The van der Waals surface area contributed by atoms with Crippen LogP contribution in [0, 0.1) is 11.6 Å². The van der Waals surface area contributed by atoms with Gasteiger partial charge in [0.1, 0.15) is 11.4 Å². The van der Waals surface area contributed by atoms with Gasteiger partial charge in [0.2, 0.25) is 0 Å². The van der Waals surface area contributed by atoms with E-state index in [2.05, 4.69) is 5.10 Å². The Balaban J connectivity index is 2.23. The maximum atomic E-state index is 13.0. The van der Waals surface area contributed by atoms with E-state index in [4.69, 9.17) is 5.11 Å². The molecule has 2 aromatic rings. The molecule has 0 radical (unpaired) electrons. The lowest BCUT2D eigenvalue weighted by Crippen LogP contribution is -2.13. The monoisotopic (exact) mass is 317 g/mol. The van der Waals surface area contributed by atoms with Gasteiger partial charge in [0.25, 0.3) is 10.0 Å². The minimum Gasteiger partial charge on any atom is -0.480 e. The summed E-state index contributed by atoms with van der Waals surface area (Å²) >= 11 is 0. The van der Waals surface area contributed by atoms with Crippen molar-refractivity contribution in [2.75, 3.05) is 4.72 Å². The Kier molecular flexibility index (Phi) is 3.89. The number of anilines is 1. The number of carboxylic acids is 1. The van der Waals surface area contributed by atoms with E-state index < -0.39 is 34.2 Å². The molecule has 10 heteroatoms. The number of nitrogens with zero attached hydrogens (tertiary/aromatic N) is 2. The van der Waals surface area contributed by atoms with Gasteiger partial charge in [-0.25, -0.2) is 17.2 Å². The van der Waals surface area contributed by atoms with Crippen molar-refractivity contribution >= 4 is 21.7 Å². The third kappa shape index (κ3) is 3.54. The molecule has 0 atom stereocenters. The number of hydrogen-bond acceptors (Lipinski definition) is 4. The summed E-state index contributed by atoms with van der Waals surface area (Å²) < 4.78 is 52.7. The normalized spacial score (nSPS) is 11.3. The molecule has 1 heterocycles. The fourth-order valence-corrected chi connectivity index (χ4v) is 2.48. The summed E-state index contributed by atoms with van der Waals surface area (Å²) in [6.45, 7) is -0.499. The van der Waals surface area contributed by atoms with Gasteiger partial charge >= 0.3 is 5.97 Å². The van der Waals surface area contributed by atoms with Gasteiger partial charge < -0.3 is 5.11 Å². The first-order valence-corrected chi connectivity index (χ1v) is 6.98. The summed E-state index contributed by atoms with van der Waals surface area (Å²) in [6, 6.07) is 2.52. The van der Waals surface area contributed by atoms with Crippen LogP contribution >= 0.6 is 0 Å². The third-order valence-electron chi connectivity index (χ3n) is 2.39. The van der Waals surface area contributed by atoms with Crippen molar-refractivity contribution in [2.45, 2.75) is 11.4 Å². The minimum atomic E-state index is -4.07. The van der Waals surface area contributed by atoms with Gasteiger partial charge in [0.05, 0.1) is 11.9 Å². The summed E-state index contributed by atoms with van der Waals surface area (Å²) in [4.78, 5) is 10.2. The number of nitrogens with one attached hydrogen (secondary N) is 1. The molecule has 1 aromatic carbocycles. The first-order valence-electron chi connectivity index (χ1n) is 5.50. The van der Waals surface area contributed by atoms with Gasteiger partial charge in [-0.3, -0.25) is 14.2 Å². The second kappa shape index (κ2) is 5.48. The molecular formula is C11H9F2N3O4S. The first kappa shape index (κ1) is 14.9. The summed E-state index contributed by atoms with van der Waals surface area (Å²) in [5.74, 6) is -3.49. The number of aromatic nitrogens is 2. The lowest BCUT2D eigenvalue weighted by atomic mass is 10.3. The summed E-state index contributed by atoms with van der Waals surface area (Å²) in [6.07, 6.45) is 1.96. The van der Waals surface area contributed by atoms with E-state index in [1.807, 2.05) is 4.72 Å². The molecule has 0 aliphatic carbocycles. The van der Waals surface area contributed by atoms with Gasteiger partial charge in [-0.05, 0) is 12.1 Å². The van der Waals surface area contributed by atoms with Crippen LogP contribution in [0.15, 0.2) is 35.5 Å². The third-order valence-corrected chi connectivity index (χ3v) is 3.72. The number of carboxylic acid groups (broad SMARTS) is 1. The largest absolute Gasteiger partial charge is 0.480 e. The van der Waals surface area contributed by atoms with Gasteiger partial charge in [-0.2, -0.15) is 5.10 Å². The Hall–Kier alpha value is -2.49. The van der Waals surface area contributed by atoms with E-state index >= 15 is 0 Å². The highest BCUT2D eigenvalue weighted by Crippen LogP contribution is 2.18. The number of aliphatic carboxylic acids is 1. The van der Waals surface area contributed by atoms with Crippen LogP contribution in [0.1, 0.15) is 0 Å². The smallest absolute Gasteiger partial charge is 0.325 e. The van der Waals surface area contributed by atoms with Gasteiger partial charge in [-0.15, -0.1) is 0 Å². The zero-order chi connectivity index (χ0) is 15.6. The fraction of sp³-hybridized carbons (Fsp3) is 0.0909. The van der Waals surface area contributed by atoms with E-state index in [0.717, 1.165) is 29.2 Å². The SMILES string of the molecule is O=C(O)Cn1cc(S(=O)(=O)Nc2ccc(F)c(F)c2)cn1. The van der Waals surface area contributed by atoms with Crippen LogP contribution in [0.3, 0.4) is 0 Å². The number of rotatable bonds is 5. The van der Waals surface area contributed by atoms with Crippen molar-refractivity contribution in [3.05, 3.63) is 42.2 Å². The zero-order valence-electron chi connectivity index (χ0n) is 10.3. The average Bonchev–Trinajstić information content (AvgIpc) is 2.82. The predicted octanol–water partition coefficient (Wildman–Crippen LogP) is 1.05. The molecule has 2 rings (SSSR count). The highest BCUT2D eigenvalue weighted by molar-refractivity contribution is 7.92. The molecule has 0 bridgehead atoms. The standard InChI is InChI=1S/C11H9F2N3O4S/c12-9-2-1-7(3-10(9)13)15-21(19,20)8-4-14-16(5-8)6-11(17)18/h1-5,15H,6H2,(H,17,18). The molecule has 0 aliphatic rings. The van der Waals surface area contributed by atoms with Crippen molar-refractivity contribution in [3.8, 4) is 0 Å². The maximum Gasteiger partial charge on any atom is 0.325 e. The highest BCUT2D eigenvalue weighted by Gasteiger charge is 2.18. The van der Waals surface area contributed by atoms with Crippen molar-refractivity contribution in [1.29, 1.82) is 0 Å². The Bertz CT molecular complexity index is 789. The Labute approximate surface area is 117 Å². The lowest BCUT2D eigenvalue weighted by molar-refractivity contribution is -0.137. The maximum absolute atomic E-state index is 13.0. The van der Waals surface area contributed by atoms with Crippen molar-refractivity contribution < 1.29 is 27.1 Å².